The molecule has 0 atom stereocenters. The van der Waals surface area contributed by atoms with Gasteiger partial charge in [-0.25, -0.2) is 4.39 Å². The van der Waals surface area contributed by atoms with E-state index in [2.05, 4.69) is 15.9 Å². The first-order valence-electron chi connectivity index (χ1n) is 5.98. The van der Waals surface area contributed by atoms with Gasteiger partial charge >= 0.3 is 0 Å². The number of hydrogen-bond donors (Lipinski definition) is 0. The first kappa shape index (κ1) is 15.3. The van der Waals surface area contributed by atoms with E-state index >= 15 is 0 Å². The van der Waals surface area contributed by atoms with Crippen LogP contribution >= 0.6 is 15.9 Å². The quantitative estimate of drug-likeness (QED) is 0.725. The van der Waals surface area contributed by atoms with Crippen molar-refractivity contribution in [3.05, 3.63) is 40.1 Å². The van der Waals surface area contributed by atoms with Crippen LogP contribution < -0.4 is 0 Å². The van der Waals surface area contributed by atoms with Crippen LogP contribution in [0.3, 0.4) is 0 Å². The summed E-state index contributed by atoms with van der Waals surface area (Å²) in [7, 11) is 0. The molecule has 0 aliphatic carbocycles. The van der Waals surface area contributed by atoms with Crippen LogP contribution in [0, 0.1) is 5.82 Å². The second-order valence-corrected chi connectivity index (χ2v) is 4.53. The lowest BCUT2D eigenvalue weighted by Crippen LogP contribution is -2.20. The Labute approximate surface area is 116 Å². The number of benzene rings is 1. The van der Waals surface area contributed by atoms with E-state index in [1.54, 1.807) is 12.1 Å². The van der Waals surface area contributed by atoms with Crippen molar-refractivity contribution in [3.63, 3.8) is 0 Å². The fourth-order valence-corrected chi connectivity index (χ4v) is 2.03. The minimum atomic E-state index is -0.534. The second kappa shape index (κ2) is 7.67. The van der Waals surface area contributed by atoms with Gasteiger partial charge in [0.25, 0.3) is 0 Å². The summed E-state index contributed by atoms with van der Waals surface area (Å²) in [5.74, 6) is -0.282. The van der Waals surface area contributed by atoms with Gasteiger partial charge in [0.1, 0.15) is 5.82 Å². The molecule has 0 radical (unpaired) electrons. The summed E-state index contributed by atoms with van der Waals surface area (Å²) < 4.78 is 25.7. The van der Waals surface area contributed by atoms with E-state index in [4.69, 9.17) is 9.47 Å². The van der Waals surface area contributed by atoms with Crippen molar-refractivity contribution in [1.29, 1.82) is 0 Å². The average molecular weight is 317 g/mol. The van der Waals surface area contributed by atoms with Crippen LogP contribution in [0.4, 0.5) is 4.39 Å². The normalized spacial score (nSPS) is 12.2. The zero-order valence-corrected chi connectivity index (χ0v) is 12.5. The predicted octanol–water partition coefficient (Wildman–Crippen LogP) is 4.39. The van der Waals surface area contributed by atoms with E-state index in [0.29, 0.717) is 24.4 Å². The Morgan fingerprint density at radius 2 is 1.94 bits per heavy atom. The highest BCUT2D eigenvalue weighted by Crippen LogP contribution is 2.27. The molecule has 0 N–H and O–H groups in total. The maximum atomic E-state index is 13.9. The minimum absolute atomic E-state index is 0.282. The number of rotatable bonds is 6. The molecule has 0 aromatic heterocycles. The maximum absolute atomic E-state index is 13.9. The largest absolute Gasteiger partial charge is 0.349 e. The lowest BCUT2D eigenvalue weighted by Gasteiger charge is -2.21. The molecule has 0 saturated carbocycles. The standard InChI is InChI=1S/C14H18BrFO2/c1-4-11(14(17-5-2)18-6-3)12-9-10(15)7-8-13(12)16/h4,7-9,14H,5-6H2,1-3H3/b11-4-. The highest BCUT2D eigenvalue weighted by Gasteiger charge is 2.19. The van der Waals surface area contributed by atoms with Crippen molar-refractivity contribution in [3.8, 4) is 0 Å². The first-order chi connectivity index (χ1) is 8.63. The van der Waals surface area contributed by atoms with Gasteiger partial charge in [0, 0.05) is 28.8 Å². The van der Waals surface area contributed by atoms with Crippen LogP contribution in [0.5, 0.6) is 0 Å². The summed E-state index contributed by atoms with van der Waals surface area (Å²) in [6.45, 7) is 6.64. The summed E-state index contributed by atoms with van der Waals surface area (Å²) in [6, 6.07) is 4.83. The Balaban J connectivity index is 3.11. The van der Waals surface area contributed by atoms with Crippen LogP contribution in [-0.2, 0) is 9.47 Å². The molecule has 0 spiro atoms. The van der Waals surface area contributed by atoms with Crippen LogP contribution in [0.1, 0.15) is 26.3 Å². The van der Waals surface area contributed by atoms with Gasteiger partial charge in [-0.1, -0.05) is 22.0 Å². The monoisotopic (exact) mass is 316 g/mol. The molecule has 1 aromatic carbocycles. The molecule has 100 valence electrons. The average Bonchev–Trinajstić information content (AvgIpc) is 2.35. The summed E-state index contributed by atoms with van der Waals surface area (Å²) in [4.78, 5) is 0. The molecule has 0 saturated heterocycles. The molecule has 1 aromatic rings. The highest BCUT2D eigenvalue weighted by molar-refractivity contribution is 9.10. The van der Waals surface area contributed by atoms with Gasteiger partial charge in [-0.3, -0.25) is 0 Å². The van der Waals surface area contributed by atoms with Gasteiger partial charge in [0.2, 0.25) is 0 Å². The van der Waals surface area contributed by atoms with E-state index in [1.165, 1.54) is 6.07 Å². The van der Waals surface area contributed by atoms with Crippen molar-refractivity contribution in [2.45, 2.75) is 27.1 Å². The Bertz CT molecular complexity index is 412. The zero-order valence-electron chi connectivity index (χ0n) is 10.9. The van der Waals surface area contributed by atoms with Gasteiger partial charge in [-0.2, -0.15) is 0 Å². The molecule has 0 bridgehead atoms. The second-order valence-electron chi connectivity index (χ2n) is 3.61. The number of hydrogen-bond acceptors (Lipinski definition) is 2. The lowest BCUT2D eigenvalue weighted by molar-refractivity contribution is -0.0966. The third-order valence-electron chi connectivity index (χ3n) is 2.44. The Morgan fingerprint density at radius 1 is 1.33 bits per heavy atom. The van der Waals surface area contributed by atoms with Gasteiger partial charge in [0.05, 0.1) is 0 Å². The van der Waals surface area contributed by atoms with Crippen LogP contribution in [-0.4, -0.2) is 19.5 Å². The summed E-state index contributed by atoms with van der Waals surface area (Å²) >= 11 is 3.35. The Morgan fingerprint density at radius 3 is 2.44 bits per heavy atom. The van der Waals surface area contributed by atoms with Crippen molar-refractivity contribution in [2.24, 2.45) is 0 Å². The smallest absolute Gasteiger partial charge is 0.184 e. The summed E-state index contributed by atoms with van der Waals surface area (Å²) in [5, 5.41) is 0. The van der Waals surface area contributed by atoms with Crippen molar-refractivity contribution in [1.82, 2.24) is 0 Å². The molecule has 4 heteroatoms. The maximum Gasteiger partial charge on any atom is 0.184 e. The summed E-state index contributed by atoms with van der Waals surface area (Å²) in [6.07, 6.45) is 1.29. The van der Waals surface area contributed by atoms with Gasteiger partial charge in [-0.05, 0) is 39.0 Å². The molecule has 0 aliphatic rings. The Hall–Kier alpha value is -0.710. The molecule has 0 heterocycles. The van der Waals surface area contributed by atoms with Crippen molar-refractivity contribution < 1.29 is 13.9 Å². The molecule has 2 nitrogen and oxygen atoms in total. The van der Waals surface area contributed by atoms with Crippen molar-refractivity contribution in [2.75, 3.05) is 13.2 Å². The number of ether oxygens (including phenoxy) is 2. The third-order valence-corrected chi connectivity index (χ3v) is 2.93. The van der Waals surface area contributed by atoms with Gasteiger partial charge in [0.15, 0.2) is 6.29 Å². The summed E-state index contributed by atoms with van der Waals surface area (Å²) in [5.41, 5.74) is 1.20. The molecule has 0 aliphatic heterocycles. The third kappa shape index (κ3) is 3.90. The molecule has 0 unspecified atom stereocenters. The fraction of sp³-hybridized carbons (Fsp3) is 0.429. The molecular formula is C14H18BrFO2. The van der Waals surface area contributed by atoms with E-state index in [1.807, 2.05) is 26.8 Å². The highest BCUT2D eigenvalue weighted by atomic mass is 79.9. The zero-order chi connectivity index (χ0) is 13.5. The SMILES string of the molecule is C/C=C(/c1cc(Br)ccc1F)C(OCC)OCC. The van der Waals surface area contributed by atoms with Gasteiger partial charge < -0.3 is 9.47 Å². The fourth-order valence-electron chi connectivity index (χ4n) is 1.67. The number of allylic oxidation sites excluding steroid dienone is 1. The molecule has 18 heavy (non-hydrogen) atoms. The van der Waals surface area contributed by atoms with Crippen LogP contribution in [0.2, 0.25) is 0 Å². The first-order valence-corrected chi connectivity index (χ1v) is 6.78. The minimum Gasteiger partial charge on any atom is -0.349 e. The molecule has 0 fully saturated rings. The predicted molar refractivity (Wildman–Crippen MR) is 74.8 cm³/mol. The molecular weight excluding hydrogens is 299 g/mol. The lowest BCUT2D eigenvalue weighted by atomic mass is 10.0. The Kier molecular flexibility index (Phi) is 6.54. The molecule has 1 rings (SSSR count). The van der Waals surface area contributed by atoms with E-state index in [0.717, 1.165) is 4.47 Å². The van der Waals surface area contributed by atoms with E-state index in [9.17, 15) is 4.39 Å². The molecule has 0 amide bonds. The van der Waals surface area contributed by atoms with E-state index in [-0.39, 0.29) is 5.82 Å². The van der Waals surface area contributed by atoms with Crippen LogP contribution in [0.15, 0.2) is 28.7 Å². The van der Waals surface area contributed by atoms with E-state index < -0.39 is 6.29 Å². The number of halogens is 2. The van der Waals surface area contributed by atoms with Crippen molar-refractivity contribution >= 4 is 21.5 Å². The van der Waals surface area contributed by atoms with Crippen LogP contribution in [0.25, 0.3) is 5.57 Å². The topological polar surface area (TPSA) is 18.5 Å². The van der Waals surface area contributed by atoms with Gasteiger partial charge in [-0.15, -0.1) is 0 Å².